The zero-order chi connectivity index (χ0) is 14.6. The number of carbonyl (C=O) groups is 1. The van der Waals surface area contributed by atoms with Gasteiger partial charge in [0, 0.05) is 19.6 Å². The van der Waals surface area contributed by atoms with E-state index in [4.69, 9.17) is 14.4 Å². The summed E-state index contributed by atoms with van der Waals surface area (Å²) in [5, 5.41) is 0.839. The van der Waals surface area contributed by atoms with Crippen molar-refractivity contribution in [2.75, 3.05) is 7.11 Å². The molecule has 1 heterocycles. The van der Waals surface area contributed by atoms with Crippen LogP contribution >= 0.6 is 0 Å². The zero-order valence-corrected chi connectivity index (χ0v) is 11.9. The molecule has 1 saturated heterocycles. The van der Waals surface area contributed by atoms with E-state index < -0.39 is 5.97 Å². The molecule has 0 aliphatic carbocycles. The van der Waals surface area contributed by atoms with Crippen LogP contribution in [0.3, 0.4) is 0 Å². The lowest BCUT2D eigenvalue weighted by Crippen LogP contribution is -2.60. The SMILES string of the molecule is COC1(CC(C)C)ON(C(=O)/C=C/c2ccccc2)O1. The maximum Gasteiger partial charge on any atom is 0.331 e. The van der Waals surface area contributed by atoms with Gasteiger partial charge in [-0.3, -0.25) is 4.79 Å². The molecule has 0 radical (unpaired) electrons. The second-order valence-corrected chi connectivity index (χ2v) is 5.01. The van der Waals surface area contributed by atoms with E-state index in [1.807, 2.05) is 44.2 Å². The number of methoxy groups -OCH3 is 1. The Labute approximate surface area is 118 Å². The monoisotopic (exact) mass is 277 g/mol. The number of ether oxygens (including phenoxy) is 1. The molecule has 1 aliphatic rings. The highest BCUT2D eigenvalue weighted by Gasteiger charge is 2.50. The molecule has 2 rings (SSSR count). The number of amides is 1. The highest BCUT2D eigenvalue weighted by molar-refractivity contribution is 5.90. The highest BCUT2D eigenvalue weighted by atomic mass is 17.2. The molecule has 1 aromatic carbocycles. The minimum absolute atomic E-state index is 0.326. The van der Waals surface area contributed by atoms with E-state index in [1.165, 1.54) is 13.2 Å². The average Bonchev–Trinajstić information content (AvgIpc) is 2.40. The molecular weight excluding hydrogens is 258 g/mol. The topological polar surface area (TPSA) is 48.0 Å². The molecule has 1 amide bonds. The van der Waals surface area contributed by atoms with Gasteiger partial charge in [0.15, 0.2) is 0 Å². The molecule has 20 heavy (non-hydrogen) atoms. The minimum atomic E-state index is -1.13. The summed E-state index contributed by atoms with van der Waals surface area (Å²) in [5.41, 5.74) is 0.932. The molecule has 0 bridgehead atoms. The Morgan fingerprint density at radius 1 is 1.35 bits per heavy atom. The molecule has 0 saturated carbocycles. The van der Waals surface area contributed by atoms with Crippen LogP contribution in [0.25, 0.3) is 6.08 Å². The van der Waals surface area contributed by atoms with Crippen molar-refractivity contribution >= 4 is 12.0 Å². The fourth-order valence-corrected chi connectivity index (χ4v) is 1.87. The van der Waals surface area contributed by atoms with E-state index in [0.29, 0.717) is 12.3 Å². The summed E-state index contributed by atoms with van der Waals surface area (Å²) in [6.07, 6.45) is 3.64. The van der Waals surface area contributed by atoms with E-state index in [2.05, 4.69) is 0 Å². The molecule has 0 atom stereocenters. The summed E-state index contributed by atoms with van der Waals surface area (Å²) in [4.78, 5) is 22.5. The van der Waals surface area contributed by atoms with Crippen molar-refractivity contribution in [2.24, 2.45) is 5.92 Å². The van der Waals surface area contributed by atoms with E-state index in [-0.39, 0.29) is 5.91 Å². The van der Waals surface area contributed by atoms with Gasteiger partial charge in [0.25, 0.3) is 5.91 Å². The largest absolute Gasteiger partial charge is 0.331 e. The van der Waals surface area contributed by atoms with Gasteiger partial charge in [-0.2, -0.15) is 9.68 Å². The van der Waals surface area contributed by atoms with Crippen LogP contribution in [0.2, 0.25) is 0 Å². The molecule has 0 spiro atoms. The molecule has 0 unspecified atom stereocenters. The zero-order valence-electron chi connectivity index (χ0n) is 11.9. The van der Waals surface area contributed by atoms with Gasteiger partial charge in [-0.15, -0.1) is 0 Å². The minimum Gasteiger partial charge on any atom is -0.328 e. The van der Waals surface area contributed by atoms with Gasteiger partial charge in [0.2, 0.25) is 0 Å². The van der Waals surface area contributed by atoms with Gasteiger partial charge in [0.05, 0.1) is 0 Å². The lowest BCUT2D eigenvalue weighted by atomic mass is 10.1. The number of carbonyl (C=O) groups excluding carboxylic acids is 1. The molecule has 5 heteroatoms. The van der Waals surface area contributed by atoms with E-state index in [1.54, 1.807) is 6.08 Å². The van der Waals surface area contributed by atoms with Crippen molar-refractivity contribution < 1.29 is 19.2 Å². The molecule has 0 N–H and O–H groups in total. The Balaban J connectivity index is 1.89. The summed E-state index contributed by atoms with van der Waals surface area (Å²) in [5.74, 6) is -1.19. The third kappa shape index (κ3) is 3.45. The second-order valence-electron chi connectivity index (χ2n) is 5.01. The lowest BCUT2D eigenvalue weighted by Gasteiger charge is -2.45. The second kappa shape index (κ2) is 6.17. The number of hydrogen-bond donors (Lipinski definition) is 0. The Kier molecular flexibility index (Phi) is 4.54. The number of nitrogens with zero attached hydrogens (tertiary/aromatic N) is 1. The third-order valence-electron chi connectivity index (χ3n) is 2.81. The standard InChI is InChI=1S/C15H19NO4/c1-12(2)11-15(18-3)19-16(20-15)14(17)10-9-13-7-5-4-6-8-13/h4-10,12H,11H2,1-3H3/b10-9+. The van der Waals surface area contributed by atoms with Crippen LogP contribution < -0.4 is 0 Å². The van der Waals surface area contributed by atoms with Crippen molar-refractivity contribution in [3.8, 4) is 0 Å². The molecule has 0 aromatic heterocycles. The Morgan fingerprint density at radius 2 is 2.00 bits per heavy atom. The first-order chi connectivity index (χ1) is 9.54. The summed E-state index contributed by atoms with van der Waals surface area (Å²) in [7, 11) is 1.49. The van der Waals surface area contributed by atoms with Crippen molar-refractivity contribution in [3.63, 3.8) is 0 Å². The first-order valence-electron chi connectivity index (χ1n) is 6.55. The predicted octanol–water partition coefficient (Wildman–Crippen LogP) is 2.75. The maximum atomic E-state index is 11.8. The highest BCUT2D eigenvalue weighted by Crippen LogP contribution is 2.34. The Bertz CT molecular complexity index is 478. The molecular formula is C15H19NO4. The van der Waals surface area contributed by atoms with Crippen molar-refractivity contribution in [2.45, 2.75) is 26.2 Å². The first-order valence-corrected chi connectivity index (χ1v) is 6.55. The van der Waals surface area contributed by atoms with Gasteiger partial charge < -0.3 is 4.74 Å². The van der Waals surface area contributed by atoms with Crippen LogP contribution in [0.15, 0.2) is 36.4 Å². The van der Waals surface area contributed by atoms with Crippen LogP contribution in [0.5, 0.6) is 0 Å². The Morgan fingerprint density at radius 3 is 2.55 bits per heavy atom. The molecule has 108 valence electrons. The fraction of sp³-hybridized carbons (Fsp3) is 0.400. The summed E-state index contributed by atoms with van der Waals surface area (Å²) in [6, 6.07) is 9.53. The number of rotatable bonds is 5. The van der Waals surface area contributed by atoms with E-state index in [9.17, 15) is 4.79 Å². The molecule has 1 aromatic rings. The number of hydrogen-bond acceptors (Lipinski definition) is 4. The third-order valence-corrected chi connectivity index (χ3v) is 2.81. The van der Waals surface area contributed by atoms with Gasteiger partial charge in [-0.05, 0) is 17.6 Å². The quantitative estimate of drug-likeness (QED) is 0.776. The van der Waals surface area contributed by atoms with Crippen molar-refractivity contribution in [1.29, 1.82) is 0 Å². The van der Waals surface area contributed by atoms with E-state index in [0.717, 1.165) is 10.8 Å². The van der Waals surface area contributed by atoms with Gasteiger partial charge in [-0.1, -0.05) is 49.4 Å². The summed E-state index contributed by atoms with van der Waals surface area (Å²) in [6.45, 7) is 4.04. The lowest BCUT2D eigenvalue weighted by molar-refractivity contribution is -0.651. The van der Waals surface area contributed by atoms with Crippen LogP contribution in [-0.2, 0) is 19.2 Å². The van der Waals surface area contributed by atoms with Gasteiger partial charge in [-0.25, -0.2) is 0 Å². The summed E-state index contributed by atoms with van der Waals surface area (Å²) < 4.78 is 5.17. The van der Waals surface area contributed by atoms with Crippen molar-refractivity contribution in [3.05, 3.63) is 42.0 Å². The Hall–Kier alpha value is -1.69. The molecule has 5 nitrogen and oxygen atoms in total. The predicted molar refractivity (Wildman–Crippen MR) is 73.7 cm³/mol. The van der Waals surface area contributed by atoms with Crippen LogP contribution in [-0.4, -0.2) is 24.2 Å². The molecule has 1 fully saturated rings. The number of hydroxylamine groups is 2. The van der Waals surface area contributed by atoms with E-state index >= 15 is 0 Å². The van der Waals surface area contributed by atoms with Gasteiger partial charge >= 0.3 is 5.97 Å². The summed E-state index contributed by atoms with van der Waals surface area (Å²) >= 11 is 0. The normalized spacial score (nSPS) is 17.5. The van der Waals surface area contributed by atoms with Crippen molar-refractivity contribution in [1.82, 2.24) is 5.23 Å². The van der Waals surface area contributed by atoms with Gasteiger partial charge in [0.1, 0.15) is 0 Å². The molecule has 1 aliphatic heterocycles. The number of benzene rings is 1. The smallest absolute Gasteiger partial charge is 0.328 e. The maximum absolute atomic E-state index is 11.8. The van der Waals surface area contributed by atoms with Crippen LogP contribution in [0.4, 0.5) is 0 Å². The average molecular weight is 277 g/mol. The van der Waals surface area contributed by atoms with Crippen LogP contribution in [0.1, 0.15) is 25.8 Å². The van der Waals surface area contributed by atoms with Crippen LogP contribution in [0, 0.1) is 5.92 Å². The first kappa shape index (κ1) is 14.7. The fourth-order valence-electron chi connectivity index (χ4n) is 1.87.